The van der Waals surface area contributed by atoms with Crippen molar-refractivity contribution >= 4 is 52.6 Å². The van der Waals surface area contributed by atoms with Gasteiger partial charge in [-0.2, -0.15) is 18.2 Å². The minimum absolute atomic E-state index is 0.0519. The van der Waals surface area contributed by atoms with Crippen molar-refractivity contribution in [3.63, 3.8) is 0 Å². The zero-order valence-corrected chi connectivity index (χ0v) is 33.5. The van der Waals surface area contributed by atoms with E-state index < -0.39 is 69.5 Å². The fourth-order valence-corrected chi connectivity index (χ4v) is 10.0. The van der Waals surface area contributed by atoms with Crippen LogP contribution in [-0.4, -0.2) is 43.6 Å². The van der Waals surface area contributed by atoms with Gasteiger partial charge in [-0.1, -0.05) is 114 Å². The lowest BCUT2D eigenvalue weighted by atomic mass is 9.49. The van der Waals surface area contributed by atoms with Gasteiger partial charge >= 0.3 is 6.18 Å². The molecule has 1 saturated carbocycles. The summed E-state index contributed by atoms with van der Waals surface area (Å²) in [7, 11) is 0. The highest BCUT2D eigenvalue weighted by atomic mass is 35.5. The maximum absolute atomic E-state index is 15.5. The van der Waals surface area contributed by atoms with E-state index in [1.165, 1.54) is 11.0 Å². The number of benzene rings is 4. The number of nitrogens with one attached hydrogen (secondary N) is 1. The van der Waals surface area contributed by atoms with Gasteiger partial charge < -0.3 is 9.84 Å². The third-order valence-corrected chi connectivity index (χ3v) is 12.9. The van der Waals surface area contributed by atoms with E-state index in [1.807, 2.05) is 66.7 Å². The van der Waals surface area contributed by atoms with Gasteiger partial charge in [0.2, 0.25) is 11.8 Å². The number of carbonyl (C=O) groups excluding carboxylic acids is 4. The lowest BCUT2D eigenvalue weighted by Crippen LogP contribution is -2.53. The first-order chi connectivity index (χ1) is 29.3. The fraction of sp³-hybridized carbons (Fsp3) is 0.239. The van der Waals surface area contributed by atoms with Crippen LogP contribution in [0, 0.1) is 23.7 Å². The van der Waals surface area contributed by atoms with Gasteiger partial charge in [-0.25, -0.2) is 4.98 Å². The van der Waals surface area contributed by atoms with Gasteiger partial charge in [0.05, 0.1) is 40.3 Å². The number of anilines is 1. The summed E-state index contributed by atoms with van der Waals surface area (Å²) in [5.41, 5.74) is 2.47. The molecule has 310 valence electrons. The molecule has 15 heteroatoms. The molecule has 4 aliphatic rings. The Morgan fingerprint density at radius 3 is 2.18 bits per heavy atom. The van der Waals surface area contributed by atoms with E-state index in [1.54, 1.807) is 36.4 Å². The third kappa shape index (κ3) is 6.80. The van der Waals surface area contributed by atoms with Gasteiger partial charge in [0.15, 0.2) is 5.82 Å². The Morgan fingerprint density at radius 2 is 1.52 bits per heavy atom. The van der Waals surface area contributed by atoms with Crippen molar-refractivity contribution in [1.82, 2.24) is 14.9 Å². The van der Waals surface area contributed by atoms with Gasteiger partial charge in [0.1, 0.15) is 18.1 Å². The smallest absolute Gasteiger partial charge is 0.417 e. The van der Waals surface area contributed by atoms with Crippen LogP contribution in [0.2, 0.25) is 10.0 Å². The molecule has 2 aliphatic heterocycles. The minimum atomic E-state index is -4.77. The largest absolute Gasteiger partial charge is 0.508 e. The van der Waals surface area contributed by atoms with Crippen LogP contribution in [0.5, 0.6) is 11.5 Å². The Balaban J connectivity index is 1.19. The van der Waals surface area contributed by atoms with Crippen LogP contribution in [0.25, 0.3) is 0 Å². The molecule has 5 aromatic rings. The molecule has 0 radical (unpaired) electrons. The summed E-state index contributed by atoms with van der Waals surface area (Å²) >= 11 is 12.7. The van der Waals surface area contributed by atoms with Gasteiger partial charge in [-0.05, 0) is 59.7 Å². The Labute approximate surface area is 357 Å². The number of hydrogen-bond acceptors (Lipinski definition) is 8. The highest BCUT2D eigenvalue weighted by Crippen LogP contribution is 2.65. The Kier molecular flexibility index (Phi) is 10.1. The number of carbonyl (C=O) groups is 4. The van der Waals surface area contributed by atoms with E-state index in [0.29, 0.717) is 39.2 Å². The lowest BCUT2D eigenvalue weighted by molar-refractivity contribution is -0.142. The Hall–Kier alpha value is -6.18. The SMILES string of the molecule is O=C1[C@H]2[C@H](CC=C3[C@H]2C[C@H]2C(=O)N(Nc4ncc(C(F)(F)F)cc4Cl)C(=O)[C@@]2(c2ccc(Cl)cc2)[C@H]3c2ccc(OCc3ccccc3)cc2O)C(=O)N1Cc1ccccc1. The van der Waals surface area contributed by atoms with E-state index in [-0.39, 0.29) is 49.0 Å². The Bertz CT molecular complexity index is 2610. The number of ether oxygens (including phenoxy) is 1. The minimum Gasteiger partial charge on any atom is -0.508 e. The average molecular weight is 868 g/mol. The van der Waals surface area contributed by atoms with Crippen LogP contribution in [0.15, 0.2) is 127 Å². The number of alkyl halides is 3. The van der Waals surface area contributed by atoms with Crippen LogP contribution in [0.4, 0.5) is 19.0 Å². The van der Waals surface area contributed by atoms with Gasteiger partial charge in [0, 0.05) is 28.8 Å². The van der Waals surface area contributed by atoms with E-state index in [9.17, 15) is 32.7 Å². The van der Waals surface area contributed by atoms with Crippen molar-refractivity contribution in [2.45, 2.75) is 43.5 Å². The number of likely N-dealkylation sites (tertiary alicyclic amines) is 1. The number of imide groups is 2. The summed E-state index contributed by atoms with van der Waals surface area (Å²) in [6, 6.07) is 30.2. The second-order valence-corrected chi connectivity index (χ2v) is 16.5. The van der Waals surface area contributed by atoms with Crippen molar-refractivity contribution in [3.8, 4) is 11.5 Å². The molecule has 4 amide bonds. The van der Waals surface area contributed by atoms with Crippen molar-refractivity contribution in [2.24, 2.45) is 23.7 Å². The average Bonchev–Trinajstić information content (AvgIpc) is 3.61. The molecule has 3 fully saturated rings. The molecule has 2 N–H and O–H groups in total. The number of fused-ring (bicyclic) bond motifs is 4. The number of aromatic hydroxyl groups is 1. The van der Waals surface area contributed by atoms with Gasteiger partial charge in [-0.3, -0.25) is 29.5 Å². The fourth-order valence-electron chi connectivity index (χ4n) is 9.71. The van der Waals surface area contributed by atoms with E-state index in [4.69, 9.17) is 27.9 Å². The third-order valence-electron chi connectivity index (χ3n) is 12.4. The van der Waals surface area contributed by atoms with Crippen LogP contribution in [0.3, 0.4) is 0 Å². The molecule has 0 bridgehead atoms. The molecule has 4 aromatic carbocycles. The number of pyridine rings is 1. The summed E-state index contributed by atoms with van der Waals surface area (Å²) in [6.45, 7) is 0.246. The second-order valence-electron chi connectivity index (χ2n) is 15.7. The van der Waals surface area contributed by atoms with E-state index in [0.717, 1.165) is 11.1 Å². The predicted octanol–water partition coefficient (Wildman–Crippen LogP) is 8.88. The molecule has 0 unspecified atom stereocenters. The number of hydrogen-bond donors (Lipinski definition) is 2. The van der Waals surface area contributed by atoms with Gasteiger partial charge in [0.25, 0.3) is 11.8 Å². The van der Waals surface area contributed by atoms with Crippen molar-refractivity contribution < 1.29 is 42.2 Å². The molecule has 61 heavy (non-hydrogen) atoms. The molecule has 2 saturated heterocycles. The van der Waals surface area contributed by atoms with Gasteiger partial charge in [-0.15, -0.1) is 0 Å². The highest BCUT2D eigenvalue weighted by Gasteiger charge is 2.70. The molecule has 9 rings (SSSR count). The van der Waals surface area contributed by atoms with Crippen molar-refractivity contribution in [2.75, 3.05) is 5.43 Å². The number of allylic oxidation sites excluding steroid dienone is 2. The molecule has 3 heterocycles. The second kappa shape index (κ2) is 15.4. The standard InChI is InChI=1S/C46H35Cl2F3N4O6/c47-29-13-11-27(12-14-29)45-35(42(58)55(44(45)60)53-40-36(48)19-28(22-52-40)46(49,50)51)21-34-31(17-18-33-38(34)43(59)54(41(33)57)23-25-7-3-1-4-8-25)39(45)32-16-15-30(20-37(32)56)61-24-26-9-5-2-6-10-26/h1-17,19-20,22,33-35,38-39,56H,18,21,23-24H2,(H,52,53)/t33-,34+,35-,38-,39+,45+/m0/s1. The molecular formula is C46H35Cl2F3N4O6. The number of halogens is 5. The number of aromatic nitrogens is 1. The Morgan fingerprint density at radius 1 is 0.836 bits per heavy atom. The molecule has 10 nitrogen and oxygen atoms in total. The zero-order valence-electron chi connectivity index (χ0n) is 32.0. The summed E-state index contributed by atoms with van der Waals surface area (Å²) in [5.74, 6) is -7.40. The van der Waals surface area contributed by atoms with E-state index in [2.05, 4.69) is 10.4 Å². The van der Waals surface area contributed by atoms with Crippen molar-refractivity contribution in [3.05, 3.63) is 165 Å². The van der Waals surface area contributed by atoms with Crippen LogP contribution >= 0.6 is 23.2 Å². The maximum atomic E-state index is 15.5. The van der Waals surface area contributed by atoms with E-state index >= 15 is 4.79 Å². The number of phenols is 1. The predicted molar refractivity (Wildman–Crippen MR) is 218 cm³/mol. The zero-order chi connectivity index (χ0) is 42.8. The number of phenolic OH excluding ortho intramolecular Hbond substituents is 1. The normalized spacial score (nSPS) is 24.6. The summed E-state index contributed by atoms with van der Waals surface area (Å²) in [5, 5.41) is 12.6. The molecule has 0 spiro atoms. The number of hydrazine groups is 1. The first kappa shape index (κ1) is 40.2. The lowest BCUT2D eigenvalue weighted by Gasteiger charge is -2.50. The quantitative estimate of drug-likeness (QED) is 0.111. The molecule has 1 aromatic heterocycles. The molecule has 2 aliphatic carbocycles. The number of nitrogens with zero attached hydrogens (tertiary/aromatic N) is 3. The first-order valence-corrected chi connectivity index (χ1v) is 20.3. The maximum Gasteiger partial charge on any atom is 0.417 e. The monoisotopic (exact) mass is 866 g/mol. The summed E-state index contributed by atoms with van der Waals surface area (Å²) in [6.07, 6.45) is -2.30. The highest BCUT2D eigenvalue weighted by molar-refractivity contribution is 6.33. The topological polar surface area (TPSA) is 129 Å². The molecular weight excluding hydrogens is 832 g/mol. The number of rotatable bonds is 9. The van der Waals surface area contributed by atoms with Crippen molar-refractivity contribution in [1.29, 1.82) is 0 Å². The first-order valence-electron chi connectivity index (χ1n) is 19.5. The summed E-state index contributed by atoms with van der Waals surface area (Å²) in [4.78, 5) is 64.2. The summed E-state index contributed by atoms with van der Waals surface area (Å²) < 4.78 is 46.8. The number of amides is 4. The van der Waals surface area contributed by atoms with Crippen LogP contribution < -0.4 is 10.2 Å². The molecule has 6 atom stereocenters. The van der Waals surface area contributed by atoms with Crippen LogP contribution in [-0.2, 0) is 43.9 Å². The van der Waals surface area contributed by atoms with Crippen LogP contribution in [0.1, 0.15) is 46.6 Å².